The number of nitrogens with one attached hydrogen (secondary N) is 1. The number of fused-ring (bicyclic) bond motifs is 1. The predicted octanol–water partition coefficient (Wildman–Crippen LogP) is 2.59. The van der Waals surface area contributed by atoms with E-state index in [1.54, 1.807) is 0 Å². The molecule has 6 heteroatoms. The van der Waals surface area contributed by atoms with Crippen molar-refractivity contribution in [1.29, 1.82) is 0 Å². The highest BCUT2D eigenvalue weighted by Crippen LogP contribution is 2.29. The lowest BCUT2D eigenvalue weighted by molar-refractivity contribution is -0.136. The Bertz CT molecular complexity index is 498. The van der Waals surface area contributed by atoms with Crippen molar-refractivity contribution < 1.29 is 4.79 Å². The van der Waals surface area contributed by atoms with Crippen LogP contribution in [0.2, 0.25) is 0 Å². The van der Waals surface area contributed by atoms with Gasteiger partial charge < -0.3 is 10.2 Å². The van der Waals surface area contributed by atoms with Crippen molar-refractivity contribution in [1.82, 2.24) is 15.1 Å². The third-order valence-corrected chi connectivity index (χ3v) is 5.20. The number of hydrogen-bond acceptors (Lipinski definition) is 3. The summed E-state index contributed by atoms with van der Waals surface area (Å²) in [7, 11) is 3.98. The average Bonchev–Trinajstić information content (AvgIpc) is 2.86. The Labute approximate surface area is 157 Å². The number of likely N-dealkylation sites (N-methyl/N-ethyl adjacent to an activating group) is 1. The summed E-state index contributed by atoms with van der Waals surface area (Å²) in [4.78, 5) is 17.2. The van der Waals surface area contributed by atoms with E-state index in [-0.39, 0.29) is 36.8 Å². The molecule has 4 nitrogen and oxygen atoms in total. The number of likely N-dealkylation sites (tertiary alicyclic amines) is 1. The number of benzene rings is 1. The SMILES string of the molecule is CN(C)C(C(=O)N1CC[C@@H]2CNC[C@@H]2CC1)c1ccccc1.Cl.Cl. The monoisotopic (exact) mass is 373 g/mol. The maximum absolute atomic E-state index is 13.1. The van der Waals surface area contributed by atoms with E-state index in [0.717, 1.165) is 56.4 Å². The Hall–Kier alpha value is -0.810. The number of carbonyl (C=O) groups is 1. The summed E-state index contributed by atoms with van der Waals surface area (Å²) < 4.78 is 0. The highest BCUT2D eigenvalue weighted by Gasteiger charge is 2.34. The summed E-state index contributed by atoms with van der Waals surface area (Å²) in [6.45, 7) is 4.06. The molecule has 3 rings (SSSR count). The number of hydrogen-bond donors (Lipinski definition) is 1. The van der Waals surface area contributed by atoms with E-state index >= 15 is 0 Å². The number of nitrogens with zero attached hydrogens (tertiary/aromatic N) is 2. The van der Waals surface area contributed by atoms with E-state index in [2.05, 4.69) is 22.3 Å². The van der Waals surface area contributed by atoms with Crippen molar-refractivity contribution in [3.05, 3.63) is 35.9 Å². The number of rotatable bonds is 3. The lowest BCUT2D eigenvalue weighted by atomic mass is 9.92. The van der Waals surface area contributed by atoms with Crippen LogP contribution < -0.4 is 5.32 Å². The van der Waals surface area contributed by atoms with Crippen LogP contribution in [0.1, 0.15) is 24.4 Å². The number of carbonyl (C=O) groups excluding carboxylic acids is 1. The largest absolute Gasteiger partial charge is 0.341 e. The lowest BCUT2D eigenvalue weighted by Gasteiger charge is -2.30. The average molecular weight is 374 g/mol. The molecule has 0 aliphatic carbocycles. The van der Waals surface area contributed by atoms with Gasteiger partial charge in [-0.25, -0.2) is 0 Å². The Morgan fingerprint density at radius 3 is 2.12 bits per heavy atom. The van der Waals surface area contributed by atoms with E-state index in [1.165, 1.54) is 0 Å². The van der Waals surface area contributed by atoms with Gasteiger partial charge in [-0.1, -0.05) is 30.3 Å². The molecular weight excluding hydrogens is 345 g/mol. The summed E-state index contributed by atoms with van der Waals surface area (Å²) >= 11 is 0. The minimum absolute atomic E-state index is 0. The Morgan fingerprint density at radius 1 is 1.08 bits per heavy atom. The number of amides is 1. The minimum Gasteiger partial charge on any atom is -0.341 e. The minimum atomic E-state index is -0.169. The molecule has 1 N–H and O–H groups in total. The molecule has 1 amide bonds. The molecule has 0 radical (unpaired) electrons. The molecular formula is C18H29Cl2N3O. The van der Waals surface area contributed by atoms with Crippen LogP contribution in [0.15, 0.2) is 30.3 Å². The van der Waals surface area contributed by atoms with Crippen molar-refractivity contribution in [3.8, 4) is 0 Å². The van der Waals surface area contributed by atoms with Gasteiger partial charge in [0.1, 0.15) is 6.04 Å². The third kappa shape index (κ3) is 4.63. The van der Waals surface area contributed by atoms with E-state index in [0.29, 0.717) is 0 Å². The second-order valence-corrected chi connectivity index (χ2v) is 6.86. The van der Waals surface area contributed by atoms with Crippen LogP contribution >= 0.6 is 24.8 Å². The number of halogens is 2. The van der Waals surface area contributed by atoms with Gasteiger partial charge in [-0.3, -0.25) is 9.69 Å². The lowest BCUT2D eigenvalue weighted by Crippen LogP contribution is -2.41. The third-order valence-electron chi connectivity index (χ3n) is 5.20. The molecule has 24 heavy (non-hydrogen) atoms. The molecule has 2 aliphatic heterocycles. The van der Waals surface area contributed by atoms with Crippen LogP contribution in [0.4, 0.5) is 0 Å². The predicted molar refractivity (Wildman–Crippen MR) is 103 cm³/mol. The van der Waals surface area contributed by atoms with E-state index < -0.39 is 0 Å². The van der Waals surface area contributed by atoms with Crippen LogP contribution in [0, 0.1) is 11.8 Å². The molecule has 0 saturated carbocycles. The normalized spacial score (nSPS) is 24.4. The molecule has 2 fully saturated rings. The fraction of sp³-hybridized carbons (Fsp3) is 0.611. The van der Waals surface area contributed by atoms with Gasteiger partial charge in [0.15, 0.2) is 0 Å². The molecule has 136 valence electrons. The summed E-state index contributed by atoms with van der Waals surface area (Å²) in [5.41, 5.74) is 1.09. The maximum Gasteiger partial charge on any atom is 0.244 e. The summed E-state index contributed by atoms with van der Waals surface area (Å²) in [5.74, 6) is 1.77. The van der Waals surface area contributed by atoms with Crippen LogP contribution in [-0.2, 0) is 4.79 Å². The topological polar surface area (TPSA) is 35.6 Å². The fourth-order valence-electron chi connectivity index (χ4n) is 3.91. The first-order valence-electron chi connectivity index (χ1n) is 8.37. The van der Waals surface area contributed by atoms with Gasteiger partial charge in [-0.05, 0) is 57.4 Å². The molecule has 1 aromatic rings. The van der Waals surface area contributed by atoms with Gasteiger partial charge in [0.05, 0.1) is 0 Å². The molecule has 0 bridgehead atoms. The van der Waals surface area contributed by atoms with Crippen LogP contribution in [0.3, 0.4) is 0 Å². The van der Waals surface area contributed by atoms with Gasteiger partial charge >= 0.3 is 0 Å². The standard InChI is InChI=1S/C18H27N3O.2ClH/c1-20(2)17(14-6-4-3-5-7-14)18(22)21-10-8-15-12-19-13-16(15)9-11-21;;/h3-7,15-17,19H,8-13H2,1-2H3;2*1H/t15-,16+,17?;;. The zero-order chi connectivity index (χ0) is 15.5. The molecule has 2 saturated heterocycles. The zero-order valence-electron chi connectivity index (χ0n) is 14.5. The molecule has 3 atom stereocenters. The summed E-state index contributed by atoms with van der Waals surface area (Å²) in [5, 5.41) is 3.49. The van der Waals surface area contributed by atoms with Crippen LogP contribution in [0.25, 0.3) is 0 Å². The van der Waals surface area contributed by atoms with Crippen LogP contribution in [0.5, 0.6) is 0 Å². The smallest absolute Gasteiger partial charge is 0.244 e. The Kier molecular flexibility index (Phi) is 8.51. The summed E-state index contributed by atoms with van der Waals surface area (Å²) in [6.07, 6.45) is 2.27. The van der Waals surface area contributed by atoms with Crippen molar-refractivity contribution in [2.75, 3.05) is 40.3 Å². The van der Waals surface area contributed by atoms with Crippen molar-refractivity contribution in [2.45, 2.75) is 18.9 Å². The fourth-order valence-corrected chi connectivity index (χ4v) is 3.91. The zero-order valence-corrected chi connectivity index (χ0v) is 16.1. The van der Waals surface area contributed by atoms with Crippen molar-refractivity contribution >= 4 is 30.7 Å². The highest BCUT2D eigenvalue weighted by molar-refractivity contribution is 5.85. The van der Waals surface area contributed by atoms with Gasteiger partial charge in [-0.2, -0.15) is 0 Å². The second-order valence-electron chi connectivity index (χ2n) is 6.86. The molecule has 2 heterocycles. The molecule has 0 aromatic heterocycles. The first kappa shape index (κ1) is 21.2. The van der Waals surface area contributed by atoms with Crippen molar-refractivity contribution in [3.63, 3.8) is 0 Å². The van der Waals surface area contributed by atoms with Gasteiger partial charge in [0.2, 0.25) is 5.91 Å². The second kappa shape index (κ2) is 9.62. The molecule has 1 aromatic carbocycles. The Morgan fingerprint density at radius 2 is 1.62 bits per heavy atom. The summed E-state index contributed by atoms with van der Waals surface area (Å²) in [6, 6.07) is 9.96. The molecule has 1 unspecified atom stereocenters. The first-order chi connectivity index (χ1) is 10.7. The van der Waals surface area contributed by atoms with Crippen molar-refractivity contribution in [2.24, 2.45) is 11.8 Å². The van der Waals surface area contributed by atoms with Crippen LogP contribution in [-0.4, -0.2) is 56.0 Å². The molecule has 0 spiro atoms. The van der Waals surface area contributed by atoms with E-state index in [4.69, 9.17) is 0 Å². The highest BCUT2D eigenvalue weighted by atomic mass is 35.5. The Balaban J connectivity index is 0.00000144. The van der Waals surface area contributed by atoms with E-state index in [1.807, 2.05) is 37.2 Å². The van der Waals surface area contributed by atoms with Gasteiger partial charge in [0, 0.05) is 13.1 Å². The first-order valence-corrected chi connectivity index (χ1v) is 8.37. The van der Waals surface area contributed by atoms with Gasteiger partial charge in [0.25, 0.3) is 0 Å². The van der Waals surface area contributed by atoms with Gasteiger partial charge in [-0.15, -0.1) is 24.8 Å². The van der Waals surface area contributed by atoms with E-state index in [9.17, 15) is 4.79 Å². The molecule has 2 aliphatic rings. The maximum atomic E-state index is 13.1. The quantitative estimate of drug-likeness (QED) is 0.884.